The second kappa shape index (κ2) is 14.6. The largest absolute Gasteiger partial charge is 0.481 e. The molecule has 30 heavy (non-hydrogen) atoms. The topological polar surface area (TPSA) is 74.6 Å². The van der Waals surface area contributed by atoms with Crippen LogP contribution in [0.3, 0.4) is 0 Å². The number of hydrogen-bond acceptors (Lipinski definition) is 2. The van der Waals surface area contributed by atoms with Crippen LogP contribution in [0.15, 0.2) is 12.2 Å². The molecule has 174 valence electrons. The predicted molar refractivity (Wildman–Crippen MR) is 124 cm³/mol. The highest BCUT2D eigenvalue weighted by atomic mass is 16.4. The summed E-state index contributed by atoms with van der Waals surface area (Å²) in [4.78, 5) is 24.5. The zero-order valence-electron chi connectivity index (χ0n) is 19.6. The maximum atomic E-state index is 12.3. The molecule has 2 unspecified atom stereocenters. The Morgan fingerprint density at radius 1 is 0.600 bits per heavy atom. The molecule has 1 aliphatic rings. The smallest absolute Gasteiger partial charge is 0.311 e. The Kier molecular flexibility index (Phi) is 13.0. The van der Waals surface area contributed by atoms with E-state index in [-0.39, 0.29) is 0 Å². The molecule has 0 saturated heterocycles. The summed E-state index contributed by atoms with van der Waals surface area (Å²) in [6, 6.07) is 0. The molecule has 1 aliphatic carbocycles. The molecular weight excluding hydrogens is 376 g/mol. The summed E-state index contributed by atoms with van der Waals surface area (Å²) in [5, 5.41) is 20.1. The summed E-state index contributed by atoms with van der Waals surface area (Å²) in [7, 11) is 0. The molecule has 0 bridgehead atoms. The summed E-state index contributed by atoms with van der Waals surface area (Å²) >= 11 is 0. The summed E-state index contributed by atoms with van der Waals surface area (Å²) in [6.45, 7) is 4.20. The highest BCUT2D eigenvalue weighted by Crippen LogP contribution is 2.54. The first kappa shape index (κ1) is 26.7. The van der Waals surface area contributed by atoms with Crippen molar-refractivity contribution in [3.8, 4) is 0 Å². The molecule has 0 saturated carbocycles. The van der Waals surface area contributed by atoms with E-state index in [4.69, 9.17) is 0 Å². The van der Waals surface area contributed by atoms with Crippen LogP contribution in [-0.2, 0) is 9.59 Å². The van der Waals surface area contributed by atoms with Crippen molar-refractivity contribution < 1.29 is 19.8 Å². The molecule has 0 aromatic rings. The molecule has 0 spiro atoms. The second-order valence-electron chi connectivity index (χ2n) is 9.40. The van der Waals surface area contributed by atoms with Gasteiger partial charge in [0.15, 0.2) is 0 Å². The van der Waals surface area contributed by atoms with Gasteiger partial charge in [-0.1, -0.05) is 116 Å². The molecule has 0 aliphatic heterocycles. The maximum absolute atomic E-state index is 12.3. The van der Waals surface area contributed by atoms with Crippen molar-refractivity contribution in [2.24, 2.45) is 10.8 Å². The zero-order valence-corrected chi connectivity index (χ0v) is 19.6. The van der Waals surface area contributed by atoms with E-state index in [1.165, 1.54) is 64.2 Å². The fraction of sp³-hybridized carbons (Fsp3) is 0.846. The minimum atomic E-state index is -1.17. The molecule has 0 aromatic carbocycles. The molecule has 1 rings (SSSR count). The molecule has 4 nitrogen and oxygen atoms in total. The van der Waals surface area contributed by atoms with Crippen LogP contribution in [0.25, 0.3) is 0 Å². The highest BCUT2D eigenvalue weighted by molar-refractivity contribution is 5.87. The minimum absolute atomic E-state index is 0.334. The molecule has 0 amide bonds. The second-order valence-corrected chi connectivity index (χ2v) is 9.40. The standard InChI is InChI=1S/C26H46O4/c1-3-5-6-7-8-9-10-11-12-13-14-15-16-20-26(24(29)30)22-18-17-21-25(26,19-4-2)23(27)28/h17-18H,3-16,19-22H2,1-2H3,(H,27,28)(H,29,30). The summed E-state index contributed by atoms with van der Waals surface area (Å²) in [5.74, 6) is -1.87. The van der Waals surface area contributed by atoms with E-state index in [1.807, 2.05) is 19.1 Å². The lowest BCUT2D eigenvalue weighted by molar-refractivity contribution is -0.177. The van der Waals surface area contributed by atoms with E-state index >= 15 is 0 Å². The van der Waals surface area contributed by atoms with E-state index in [2.05, 4.69) is 6.92 Å². The molecular formula is C26H46O4. The average molecular weight is 423 g/mol. The van der Waals surface area contributed by atoms with E-state index in [1.54, 1.807) is 0 Å². The fourth-order valence-electron chi connectivity index (χ4n) is 5.31. The van der Waals surface area contributed by atoms with Gasteiger partial charge in [-0.15, -0.1) is 0 Å². The lowest BCUT2D eigenvalue weighted by atomic mass is 9.54. The first-order valence-electron chi connectivity index (χ1n) is 12.6. The van der Waals surface area contributed by atoms with Gasteiger partial charge in [0.25, 0.3) is 0 Å². The van der Waals surface area contributed by atoms with Crippen molar-refractivity contribution in [2.75, 3.05) is 0 Å². The van der Waals surface area contributed by atoms with Crippen LogP contribution in [0.4, 0.5) is 0 Å². The van der Waals surface area contributed by atoms with E-state index in [9.17, 15) is 19.8 Å². The molecule has 2 N–H and O–H groups in total. The Morgan fingerprint density at radius 3 is 1.33 bits per heavy atom. The van der Waals surface area contributed by atoms with Gasteiger partial charge in [0, 0.05) is 0 Å². The number of carboxylic acids is 2. The highest BCUT2D eigenvalue weighted by Gasteiger charge is 2.60. The average Bonchev–Trinajstić information content (AvgIpc) is 2.72. The van der Waals surface area contributed by atoms with Gasteiger partial charge in [0.1, 0.15) is 0 Å². The number of hydrogen-bond donors (Lipinski definition) is 2. The molecule has 4 heteroatoms. The Labute approximate surface area is 184 Å². The number of allylic oxidation sites excluding steroid dienone is 2. The molecule has 0 radical (unpaired) electrons. The Balaban J connectivity index is 2.36. The van der Waals surface area contributed by atoms with Gasteiger partial charge in [-0.3, -0.25) is 9.59 Å². The fourth-order valence-corrected chi connectivity index (χ4v) is 5.31. The van der Waals surface area contributed by atoms with Crippen LogP contribution in [0.1, 0.15) is 129 Å². The van der Waals surface area contributed by atoms with E-state index < -0.39 is 22.8 Å². The van der Waals surface area contributed by atoms with Gasteiger partial charge < -0.3 is 10.2 Å². The van der Waals surface area contributed by atoms with Crippen molar-refractivity contribution in [2.45, 2.75) is 129 Å². The van der Waals surface area contributed by atoms with E-state index in [0.717, 1.165) is 19.3 Å². The van der Waals surface area contributed by atoms with Crippen LogP contribution in [0.2, 0.25) is 0 Å². The minimum Gasteiger partial charge on any atom is -0.481 e. The van der Waals surface area contributed by atoms with Crippen LogP contribution in [0, 0.1) is 10.8 Å². The number of aliphatic carboxylic acids is 2. The van der Waals surface area contributed by atoms with Crippen molar-refractivity contribution in [3.63, 3.8) is 0 Å². The molecule has 2 atom stereocenters. The van der Waals surface area contributed by atoms with Crippen LogP contribution < -0.4 is 0 Å². The first-order chi connectivity index (χ1) is 14.5. The lowest BCUT2D eigenvalue weighted by Crippen LogP contribution is -2.53. The first-order valence-corrected chi connectivity index (χ1v) is 12.6. The number of carboxylic acid groups (broad SMARTS) is 2. The third kappa shape index (κ3) is 7.42. The van der Waals surface area contributed by atoms with Crippen LogP contribution in [0.5, 0.6) is 0 Å². The third-order valence-electron chi connectivity index (χ3n) is 7.22. The van der Waals surface area contributed by atoms with Crippen molar-refractivity contribution >= 4 is 11.9 Å². The number of rotatable bonds is 18. The SMILES string of the molecule is CCCCCCCCCCCCCCCC1(C(=O)O)CC=CCC1(CCC)C(=O)O. The third-order valence-corrected chi connectivity index (χ3v) is 7.22. The Morgan fingerprint density at radius 2 is 0.967 bits per heavy atom. The van der Waals surface area contributed by atoms with Crippen molar-refractivity contribution in [1.82, 2.24) is 0 Å². The molecule has 0 heterocycles. The number of unbranched alkanes of at least 4 members (excludes halogenated alkanes) is 12. The predicted octanol–water partition coefficient (Wildman–Crippen LogP) is 7.76. The van der Waals surface area contributed by atoms with Crippen molar-refractivity contribution in [3.05, 3.63) is 12.2 Å². The molecule has 0 aromatic heterocycles. The zero-order chi connectivity index (χ0) is 22.3. The maximum Gasteiger partial charge on any atom is 0.311 e. The quantitative estimate of drug-likeness (QED) is 0.175. The number of carbonyl (C=O) groups is 2. The van der Waals surface area contributed by atoms with Crippen molar-refractivity contribution in [1.29, 1.82) is 0 Å². The Hall–Kier alpha value is -1.32. The monoisotopic (exact) mass is 422 g/mol. The normalized spacial score (nSPS) is 23.5. The van der Waals surface area contributed by atoms with Gasteiger partial charge in [-0.25, -0.2) is 0 Å². The van der Waals surface area contributed by atoms with Gasteiger partial charge in [-0.05, 0) is 25.7 Å². The Bertz CT molecular complexity index is 527. The summed E-state index contributed by atoms with van der Waals surface area (Å²) in [5.41, 5.74) is -2.33. The van der Waals surface area contributed by atoms with Gasteiger partial charge in [-0.2, -0.15) is 0 Å². The van der Waals surface area contributed by atoms with Gasteiger partial charge in [0.2, 0.25) is 0 Å². The summed E-state index contributed by atoms with van der Waals surface area (Å²) in [6.07, 6.45) is 22.2. The van der Waals surface area contributed by atoms with Gasteiger partial charge in [0.05, 0.1) is 10.8 Å². The van der Waals surface area contributed by atoms with Crippen LogP contribution in [-0.4, -0.2) is 22.2 Å². The summed E-state index contributed by atoms with van der Waals surface area (Å²) < 4.78 is 0. The molecule has 0 fully saturated rings. The lowest BCUT2D eigenvalue weighted by Gasteiger charge is -2.46. The van der Waals surface area contributed by atoms with Crippen LogP contribution >= 0.6 is 0 Å². The van der Waals surface area contributed by atoms with Gasteiger partial charge >= 0.3 is 11.9 Å². The van der Waals surface area contributed by atoms with E-state index in [0.29, 0.717) is 32.1 Å².